The van der Waals surface area contributed by atoms with Crippen LogP contribution in [0.15, 0.2) is 11.1 Å². The van der Waals surface area contributed by atoms with Crippen molar-refractivity contribution in [2.24, 2.45) is 11.3 Å². The molecule has 6 N–H and O–H groups in total. The molecule has 1 heterocycles. The van der Waals surface area contributed by atoms with Gasteiger partial charge in [-0.1, -0.05) is 36.5 Å². The van der Waals surface area contributed by atoms with E-state index in [0.29, 0.717) is 19.4 Å². The molecule has 14 heteroatoms. The van der Waals surface area contributed by atoms with Gasteiger partial charge in [0.1, 0.15) is 11.9 Å². The molecule has 4 aliphatic rings. The zero-order valence-corrected chi connectivity index (χ0v) is 23.1. The zero-order valence-electron chi connectivity index (χ0n) is 22.2. The smallest absolute Gasteiger partial charge is 0.387 e. The molecule has 0 aromatic heterocycles. The Morgan fingerprint density at radius 1 is 1.14 bits per heavy atom. The maximum atomic E-state index is 11.6. The number of allylic oxidation sites excluding steroid dienone is 1. The van der Waals surface area contributed by atoms with Crippen LogP contribution >= 0.6 is 8.60 Å². The highest BCUT2D eigenvalue weighted by Gasteiger charge is 2.73. The van der Waals surface area contributed by atoms with Crippen LogP contribution in [0.25, 0.3) is 0 Å². The molecule has 0 amide bonds. The van der Waals surface area contributed by atoms with Crippen LogP contribution in [-0.4, -0.2) is 78.0 Å². The lowest BCUT2D eigenvalue weighted by Crippen LogP contribution is -2.72. The first-order valence-electron chi connectivity index (χ1n) is 12.3. The first kappa shape index (κ1) is 32.6. The van der Waals surface area contributed by atoms with E-state index in [4.69, 9.17) is 29.8 Å². The molecule has 2 saturated carbocycles. The molecule has 37 heavy (non-hydrogen) atoms. The summed E-state index contributed by atoms with van der Waals surface area (Å²) < 4.78 is 29.4. The number of carbonyl (C=O) groups excluding carboxylic acids is 1. The van der Waals surface area contributed by atoms with Crippen molar-refractivity contribution in [1.82, 2.24) is 0 Å². The van der Waals surface area contributed by atoms with E-state index in [-0.39, 0.29) is 23.5 Å². The van der Waals surface area contributed by atoms with E-state index in [1.807, 2.05) is 0 Å². The molecule has 0 radical (unpaired) electrons. The van der Waals surface area contributed by atoms with E-state index in [1.165, 1.54) is 6.42 Å². The molecule has 3 unspecified atom stereocenters. The summed E-state index contributed by atoms with van der Waals surface area (Å²) in [4.78, 5) is 11.6. The summed E-state index contributed by atoms with van der Waals surface area (Å²) >= 11 is 0. The van der Waals surface area contributed by atoms with Crippen molar-refractivity contribution in [2.75, 3.05) is 27.6 Å². The molecule has 0 aromatic carbocycles. The summed E-state index contributed by atoms with van der Waals surface area (Å²) in [5.74, 6) is 0.210. The van der Waals surface area contributed by atoms with Crippen LogP contribution in [-0.2, 0) is 43.0 Å². The van der Waals surface area contributed by atoms with Crippen LogP contribution in [0.4, 0.5) is 0 Å². The van der Waals surface area contributed by atoms with Crippen molar-refractivity contribution in [3.05, 3.63) is 11.1 Å². The molecule has 0 aromatic rings. The van der Waals surface area contributed by atoms with Crippen LogP contribution < -0.4 is 0 Å². The minimum Gasteiger partial charge on any atom is -0.387 e. The van der Waals surface area contributed by atoms with E-state index in [0.717, 1.165) is 43.1 Å². The molecule has 3 fully saturated rings. The van der Waals surface area contributed by atoms with Crippen molar-refractivity contribution < 1.29 is 63.7 Å². The summed E-state index contributed by atoms with van der Waals surface area (Å²) in [7, 11) is 1.28. The monoisotopic (exact) mass is 558 g/mol. The molecular formula is C23H43O13P+2. The molecule has 0 spiro atoms. The fraction of sp³-hybridized carbons (Fsp3) is 0.870. The maximum absolute atomic E-state index is 11.6. The molecule has 216 valence electrons. The first-order valence-corrected chi connectivity index (χ1v) is 13.4. The molecule has 1 aliphatic heterocycles. The van der Waals surface area contributed by atoms with Gasteiger partial charge in [0, 0.05) is 32.5 Å². The lowest BCUT2D eigenvalue weighted by Gasteiger charge is -2.65. The van der Waals surface area contributed by atoms with Crippen LogP contribution in [0.5, 0.6) is 0 Å². The fourth-order valence-corrected chi connectivity index (χ4v) is 6.75. The number of hydrogen-bond donors (Lipinski definition) is 2. The zero-order chi connectivity index (χ0) is 27.7. The van der Waals surface area contributed by atoms with Crippen molar-refractivity contribution in [3.63, 3.8) is 0 Å². The highest BCUT2D eigenvalue weighted by Crippen LogP contribution is 2.67. The van der Waals surface area contributed by atoms with Crippen LogP contribution in [0.3, 0.4) is 0 Å². The third-order valence-corrected chi connectivity index (χ3v) is 8.62. The topological polar surface area (TPSA) is 180 Å². The average Bonchev–Trinajstić information content (AvgIpc) is 3.61. The molecule has 3 aliphatic carbocycles. The van der Waals surface area contributed by atoms with Gasteiger partial charge in [0.15, 0.2) is 6.79 Å². The second kappa shape index (κ2) is 14.7. The third-order valence-electron chi connectivity index (χ3n) is 7.90. The fourth-order valence-electron chi connectivity index (χ4n) is 6.43. The number of aliphatic hydroxyl groups is 2. The van der Waals surface area contributed by atoms with E-state index in [1.54, 1.807) is 14.2 Å². The summed E-state index contributed by atoms with van der Waals surface area (Å²) in [6, 6.07) is 0. The normalized spacial score (nSPS) is 35.8. The lowest BCUT2D eigenvalue weighted by atomic mass is 9.45. The van der Waals surface area contributed by atoms with Gasteiger partial charge in [-0.3, -0.25) is 9.32 Å². The van der Waals surface area contributed by atoms with Crippen molar-refractivity contribution >= 4 is 14.9 Å². The van der Waals surface area contributed by atoms with Crippen LogP contribution in [0.1, 0.15) is 65.7 Å². The Morgan fingerprint density at radius 3 is 2.27 bits per heavy atom. The van der Waals surface area contributed by atoms with Gasteiger partial charge in [-0.05, 0) is 42.7 Å². The molecule has 1 saturated heterocycles. The molecule has 13 nitrogen and oxygen atoms in total. The minimum absolute atomic E-state index is 0.196. The van der Waals surface area contributed by atoms with Gasteiger partial charge in [-0.15, -0.1) is 0 Å². The number of aldehydes is 1. The third kappa shape index (κ3) is 6.75. The lowest BCUT2D eigenvalue weighted by molar-refractivity contribution is -0.478. The van der Waals surface area contributed by atoms with Gasteiger partial charge in [-0.25, -0.2) is 10.5 Å². The van der Waals surface area contributed by atoms with Gasteiger partial charge in [0.05, 0.1) is 34.5 Å². The number of hydrogen-bond acceptors (Lipinski definition) is 11. The number of carbonyl (C=O) groups is 1. The van der Waals surface area contributed by atoms with Gasteiger partial charge < -0.3 is 24.4 Å². The maximum Gasteiger partial charge on any atom is 0.411 e. The highest BCUT2D eigenvalue weighted by atomic mass is 31.2. The number of rotatable bonds is 10. The average molecular weight is 559 g/mol. The quantitative estimate of drug-likeness (QED) is 0.0759. The van der Waals surface area contributed by atoms with Crippen LogP contribution in [0, 0.1) is 11.3 Å². The van der Waals surface area contributed by atoms with Gasteiger partial charge >= 0.3 is 8.60 Å². The summed E-state index contributed by atoms with van der Waals surface area (Å²) in [5.41, 5.74) is 0.313. The number of ether oxygens (including phenoxy) is 3. The van der Waals surface area contributed by atoms with E-state index >= 15 is 0 Å². The van der Waals surface area contributed by atoms with E-state index in [9.17, 15) is 9.90 Å². The SMILES string of the molecule is CCC.COCC1=C(C=O)CC[C@@]2(C)C1CC[C@@]1(O)CC3OC3C[C@]12OC.OCOP(OO[OH2+])OO[OH2+]. The van der Waals surface area contributed by atoms with Gasteiger partial charge in [0.25, 0.3) is 0 Å². The Labute approximate surface area is 218 Å². The predicted molar refractivity (Wildman–Crippen MR) is 130 cm³/mol. The van der Waals surface area contributed by atoms with E-state index < -0.39 is 26.6 Å². The van der Waals surface area contributed by atoms with Crippen molar-refractivity contribution in [3.8, 4) is 0 Å². The Kier molecular flexibility index (Phi) is 12.9. The Balaban J connectivity index is 0.000000313. The highest BCUT2D eigenvalue weighted by molar-refractivity contribution is 7.41. The second-order valence-corrected chi connectivity index (χ2v) is 10.8. The summed E-state index contributed by atoms with van der Waals surface area (Å²) in [5, 5.41) is 38.4. The number of fused-ring (bicyclic) bond motifs is 4. The number of epoxide rings is 1. The number of methoxy groups -OCH3 is 2. The Bertz CT molecular complexity index is 740. The molecule has 6 atom stereocenters. The van der Waals surface area contributed by atoms with Gasteiger partial charge in [0.2, 0.25) is 0 Å². The molecule has 0 bridgehead atoms. The van der Waals surface area contributed by atoms with Gasteiger partial charge in [-0.2, -0.15) is 0 Å². The number of aliphatic hydroxyl groups excluding tert-OH is 1. The molecule has 4 rings (SSSR count). The largest absolute Gasteiger partial charge is 0.411 e. The van der Waals surface area contributed by atoms with Crippen molar-refractivity contribution in [1.29, 1.82) is 0 Å². The Hall–Kier alpha value is -0.640. The predicted octanol–water partition coefficient (Wildman–Crippen LogP) is 1.79. The van der Waals surface area contributed by atoms with Crippen LogP contribution in [0.2, 0.25) is 0 Å². The minimum atomic E-state index is -2.13. The Morgan fingerprint density at radius 2 is 1.76 bits per heavy atom. The summed E-state index contributed by atoms with van der Waals surface area (Å²) in [6.07, 6.45) is 7.20. The standard InChI is InChI=1S/C19H28O5.C3H8.CH5O8P/c1-17-6-4-12(10-20)13(11-22-2)14(17)5-7-18(21)8-15-16(24-15)9-19(17,18)23-3;1-3-2;2-1-5-10(8-6-3)9-7-4/h10,14-16,21H,4-9,11H2,1-3H3;3H2,1-2H3;2-4H,1H2/p+2/t14?,15?,16?,17-,18+,19+;;/m0../s1. The first-order chi connectivity index (χ1) is 17.7. The molecular weight excluding hydrogens is 515 g/mol. The van der Waals surface area contributed by atoms with E-state index in [2.05, 4.69) is 44.7 Å². The van der Waals surface area contributed by atoms with Crippen molar-refractivity contribution in [2.45, 2.75) is 89.1 Å². The summed E-state index contributed by atoms with van der Waals surface area (Å²) in [6.45, 7) is 6.29. The second-order valence-electron chi connectivity index (χ2n) is 9.80.